The van der Waals surface area contributed by atoms with Gasteiger partial charge in [0, 0.05) is 6.04 Å². The molecule has 0 radical (unpaired) electrons. The molecule has 96 valence electrons. The van der Waals surface area contributed by atoms with E-state index < -0.39 is 0 Å². The van der Waals surface area contributed by atoms with Crippen LogP contribution in [0, 0.1) is 0 Å². The molecule has 0 saturated heterocycles. The number of hydrogen-bond acceptors (Lipinski definition) is 2. The first kappa shape index (κ1) is 14.0. The molecule has 0 amide bonds. The van der Waals surface area contributed by atoms with Crippen molar-refractivity contribution in [3.05, 3.63) is 29.8 Å². The minimum absolute atomic E-state index is 0.588. The van der Waals surface area contributed by atoms with Gasteiger partial charge >= 0.3 is 0 Å². The van der Waals surface area contributed by atoms with Gasteiger partial charge in [-0.3, -0.25) is 0 Å². The van der Waals surface area contributed by atoms with Crippen molar-refractivity contribution in [1.82, 2.24) is 5.32 Å². The lowest BCUT2D eigenvalue weighted by Gasteiger charge is -2.20. The molecular formula is C15H25NO. The summed E-state index contributed by atoms with van der Waals surface area (Å²) in [7, 11) is 3.76. The third kappa shape index (κ3) is 4.39. The number of hydrogen-bond donors (Lipinski definition) is 1. The molecule has 1 N–H and O–H groups in total. The topological polar surface area (TPSA) is 21.3 Å². The first-order valence-electron chi connectivity index (χ1n) is 6.52. The Bertz CT molecular complexity index is 307. The van der Waals surface area contributed by atoms with E-state index in [0.717, 1.165) is 5.75 Å². The van der Waals surface area contributed by atoms with Gasteiger partial charge in [-0.1, -0.05) is 32.4 Å². The van der Waals surface area contributed by atoms with Crippen LogP contribution in [-0.2, 0) is 0 Å². The second kappa shape index (κ2) is 7.33. The molecule has 2 unspecified atom stereocenters. The Morgan fingerprint density at radius 2 is 1.88 bits per heavy atom. The molecule has 0 heterocycles. The van der Waals surface area contributed by atoms with Gasteiger partial charge in [-0.2, -0.15) is 0 Å². The highest BCUT2D eigenvalue weighted by Crippen LogP contribution is 2.24. The zero-order valence-corrected chi connectivity index (χ0v) is 11.5. The molecule has 2 atom stereocenters. The molecule has 0 spiro atoms. The molecule has 0 saturated carbocycles. The predicted octanol–water partition coefficient (Wildman–Crippen LogP) is 3.58. The monoisotopic (exact) mass is 235 g/mol. The Morgan fingerprint density at radius 3 is 2.35 bits per heavy atom. The Labute approximate surface area is 105 Å². The van der Waals surface area contributed by atoms with Gasteiger partial charge < -0.3 is 10.1 Å². The van der Waals surface area contributed by atoms with E-state index in [-0.39, 0.29) is 0 Å². The van der Waals surface area contributed by atoms with Crippen LogP contribution in [-0.4, -0.2) is 20.2 Å². The summed E-state index contributed by atoms with van der Waals surface area (Å²) in [5.41, 5.74) is 1.39. The second-order valence-corrected chi connectivity index (χ2v) is 4.68. The van der Waals surface area contributed by atoms with Crippen molar-refractivity contribution in [2.75, 3.05) is 14.2 Å². The summed E-state index contributed by atoms with van der Waals surface area (Å²) in [5.74, 6) is 1.52. The van der Waals surface area contributed by atoms with Crippen LogP contribution < -0.4 is 10.1 Å². The molecule has 0 aliphatic rings. The first-order chi connectivity index (χ1) is 8.21. The maximum Gasteiger partial charge on any atom is 0.118 e. The average molecular weight is 235 g/mol. The molecule has 2 heteroatoms. The number of nitrogens with one attached hydrogen (secondary N) is 1. The van der Waals surface area contributed by atoms with E-state index in [1.807, 2.05) is 12.1 Å². The normalized spacial score (nSPS) is 14.4. The van der Waals surface area contributed by atoms with Crippen LogP contribution in [0.5, 0.6) is 5.75 Å². The van der Waals surface area contributed by atoms with Crippen LogP contribution in [0.25, 0.3) is 0 Å². The summed E-state index contributed by atoms with van der Waals surface area (Å²) in [5, 5.41) is 3.40. The number of ether oxygens (including phenoxy) is 1. The van der Waals surface area contributed by atoms with Gasteiger partial charge in [0.25, 0.3) is 0 Å². The SMILES string of the molecule is CCCC(CC(C)c1ccc(OC)cc1)NC. The summed E-state index contributed by atoms with van der Waals surface area (Å²) in [6.45, 7) is 4.53. The van der Waals surface area contributed by atoms with Crippen molar-refractivity contribution in [3.8, 4) is 5.75 Å². The van der Waals surface area contributed by atoms with Crippen LogP contribution in [0.4, 0.5) is 0 Å². The quantitative estimate of drug-likeness (QED) is 0.780. The highest BCUT2D eigenvalue weighted by Gasteiger charge is 2.12. The number of methoxy groups -OCH3 is 1. The summed E-state index contributed by atoms with van der Waals surface area (Å²) in [6, 6.07) is 9.04. The molecule has 0 fully saturated rings. The number of benzene rings is 1. The van der Waals surface area contributed by atoms with E-state index >= 15 is 0 Å². The van der Waals surface area contributed by atoms with E-state index in [9.17, 15) is 0 Å². The van der Waals surface area contributed by atoms with Gasteiger partial charge in [-0.05, 0) is 43.5 Å². The summed E-state index contributed by atoms with van der Waals surface area (Å²) in [6.07, 6.45) is 3.68. The molecular weight excluding hydrogens is 210 g/mol. The van der Waals surface area contributed by atoms with Crippen molar-refractivity contribution in [2.24, 2.45) is 0 Å². The Hall–Kier alpha value is -1.02. The zero-order chi connectivity index (χ0) is 12.7. The molecule has 17 heavy (non-hydrogen) atoms. The second-order valence-electron chi connectivity index (χ2n) is 4.68. The molecule has 1 aromatic carbocycles. The third-order valence-electron chi connectivity index (χ3n) is 3.37. The van der Waals surface area contributed by atoms with Crippen molar-refractivity contribution in [1.29, 1.82) is 0 Å². The van der Waals surface area contributed by atoms with Gasteiger partial charge in [0.05, 0.1) is 7.11 Å². The van der Waals surface area contributed by atoms with E-state index in [2.05, 4.69) is 38.3 Å². The summed E-state index contributed by atoms with van der Waals surface area (Å²) in [4.78, 5) is 0. The molecule has 0 aliphatic heterocycles. The van der Waals surface area contributed by atoms with Crippen molar-refractivity contribution >= 4 is 0 Å². The highest BCUT2D eigenvalue weighted by molar-refractivity contribution is 5.29. The fourth-order valence-electron chi connectivity index (χ4n) is 2.22. The fraction of sp³-hybridized carbons (Fsp3) is 0.600. The van der Waals surface area contributed by atoms with Gasteiger partial charge in [-0.15, -0.1) is 0 Å². The third-order valence-corrected chi connectivity index (χ3v) is 3.37. The van der Waals surface area contributed by atoms with E-state index in [0.29, 0.717) is 12.0 Å². The minimum atomic E-state index is 0.588. The Kier molecular flexibility index (Phi) is 6.06. The van der Waals surface area contributed by atoms with Crippen molar-refractivity contribution in [2.45, 2.75) is 45.1 Å². The van der Waals surface area contributed by atoms with E-state index in [1.165, 1.54) is 24.8 Å². The van der Waals surface area contributed by atoms with Crippen LogP contribution in [0.2, 0.25) is 0 Å². The molecule has 0 aromatic heterocycles. The van der Waals surface area contributed by atoms with Crippen LogP contribution in [0.1, 0.15) is 44.6 Å². The van der Waals surface area contributed by atoms with Crippen LogP contribution in [0.3, 0.4) is 0 Å². The molecule has 2 nitrogen and oxygen atoms in total. The standard InChI is InChI=1S/C15H25NO/c1-5-6-14(16-3)11-12(2)13-7-9-15(17-4)10-8-13/h7-10,12,14,16H,5-6,11H2,1-4H3. The van der Waals surface area contributed by atoms with Gasteiger partial charge in [-0.25, -0.2) is 0 Å². The van der Waals surface area contributed by atoms with Gasteiger partial charge in [0.15, 0.2) is 0 Å². The minimum Gasteiger partial charge on any atom is -0.497 e. The maximum atomic E-state index is 5.18. The molecule has 0 bridgehead atoms. The summed E-state index contributed by atoms with van der Waals surface area (Å²) >= 11 is 0. The Balaban J connectivity index is 2.58. The molecule has 1 rings (SSSR count). The fourth-order valence-corrected chi connectivity index (χ4v) is 2.22. The van der Waals surface area contributed by atoms with E-state index in [4.69, 9.17) is 4.74 Å². The van der Waals surface area contributed by atoms with Crippen molar-refractivity contribution in [3.63, 3.8) is 0 Å². The van der Waals surface area contributed by atoms with Gasteiger partial charge in [0.2, 0.25) is 0 Å². The summed E-state index contributed by atoms with van der Waals surface area (Å²) < 4.78 is 5.18. The molecule has 0 aliphatic carbocycles. The lowest BCUT2D eigenvalue weighted by Crippen LogP contribution is -2.26. The van der Waals surface area contributed by atoms with Crippen LogP contribution in [0.15, 0.2) is 24.3 Å². The lowest BCUT2D eigenvalue weighted by atomic mass is 9.92. The van der Waals surface area contributed by atoms with E-state index in [1.54, 1.807) is 7.11 Å². The highest BCUT2D eigenvalue weighted by atomic mass is 16.5. The van der Waals surface area contributed by atoms with Gasteiger partial charge in [0.1, 0.15) is 5.75 Å². The smallest absolute Gasteiger partial charge is 0.118 e. The van der Waals surface area contributed by atoms with Crippen molar-refractivity contribution < 1.29 is 4.74 Å². The Morgan fingerprint density at radius 1 is 1.24 bits per heavy atom. The average Bonchev–Trinajstić information content (AvgIpc) is 2.38. The predicted molar refractivity (Wildman–Crippen MR) is 73.8 cm³/mol. The largest absolute Gasteiger partial charge is 0.497 e. The first-order valence-corrected chi connectivity index (χ1v) is 6.52. The number of rotatable bonds is 7. The maximum absolute atomic E-state index is 5.18. The van der Waals surface area contributed by atoms with Crippen LogP contribution >= 0.6 is 0 Å². The zero-order valence-electron chi connectivity index (χ0n) is 11.5. The lowest BCUT2D eigenvalue weighted by molar-refractivity contribution is 0.414. The molecule has 1 aromatic rings.